The Morgan fingerprint density at radius 1 is 1.17 bits per heavy atom. The second kappa shape index (κ2) is 7.34. The van der Waals surface area contributed by atoms with Crippen LogP contribution in [-0.2, 0) is 4.79 Å². The first-order valence-electron chi connectivity index (χ1n) is 6.75. The van der Waals surface area contributed by atoms with E-state index in [1.165, 1.54) is 35.2 Å². The van der Waals surface area contributed by atoms with E-state index in [4.69, 9.17) is 0 Å². The minimum Gasteiger partial charge on any atom is -0.325 e. The number of hydrogen-bond donors (Lipinski definition) is 1. The number of hydrogen-bond acceptors (Lipinski definition) is 5. The van der Waals surface area contributed by atoms with Crippen LogP contribution in [0.15, 0.2) is 58.5 Å². The highest BCUT2D eigenvalue weighted by Gasteiger charge is 2.08. The topological polar surface area (TPSA) is 54.9 Å². The Balaban J connectivity index is 1.57. The van der Waals surface area contributed by atoms with Gasteiger partial charge in [-0.3, -0.25) is 9.78 Å². The van der Waals surface area contributed by atoms with E-state index in [9.17, 15) is 9.18 Å². The van der Waals surface area contributed by atoms with E-state index < -0.39 is 0 Å². The zero-order valence-corrected chi connectivity index (χ0v) is 13.5. The van der Waals surface area contributed by atoms with E-state index in [0.29, 0.717) is 0 Å². The van der Waals surface area contributed by atoms with Gasteiger partial charge in [-0.15, -0.1) is 11.3 Å². The highest BCUT2D eigenvalue weighted by Crippen LogP contribution is 2.28. The Bertz CT molecular complexity index is 791. The molecule has 0 aliphatic rings. The predicted molar refractivity (Wildman–Crippen MR) is 91.1 cm³/mol. The number of pyridine rings is 1. The Morgan fingerprint density at radius 2 is 1.91 bits per heavy atom. The molecule has 23 heavy (non-hydrogen) atoms. The van der Waals surface area contributed by atoms with E-state index in [-0.39, 0.29) is 17.5 Å². The van der Waals surface area contributed by atoms with Gasteiger partial charge in [0.05, 0.1) is 11.4 Å². The van der Waals surface area contributed by atoms with Crippen LogP contribution in [0.3, 0.4) is 0 Å². The number of amides is 1. The zero-order valence-electron chi connectivity index (χ0n) is 11.9. The van der Waals surface area contributed by atoms with Gasteiger partial charge in [0, 0.05) is 29.0 Å². The standard InChI is InChI=1S/C16H12FN3OS2/c17-12-3-1-11(2-4-12)14-9-22-16(20-14)23-10-15(21)19-13-5-7-18-8-6-13/h1-9H,10H2,(H,18,19,21). The number of benzene rings is 1. The Morgan fingerprint density at radius 3 is 2.65 bits per heavy atom. The Hall–Kier alpha value is -2.25. The molecule has 0 spiro atoms. The largest absolute Gasteiger partial charge is 0.325 e. The first-order valence-corrected chi connectivity index (χ1v) is 8.61. The van der Waals surface area contributed by atoms with Crippen molar-refractivity contribution in [2.24, 2.45) is 0 Å². The van der Waals surface area contributed by atoms with Crippen LogP contribution in [0.4, 0.5) is 10.1 Å². The molecule has 0 radical (unpaired) electrons. The summed E-state index contributed by atoms with van der Waals surface area (Å²) in [5.74, 6) is -0.0929. The number of aromatic nitrogens is 2. The van der Waals surface area contributed by atoms with E-state index >= 15 is 0 Å². The average molecular weight is 345 g/mol. The summed E-state index contributed by atoms with van der Waals surface area (Å²) in [6.07, 6.45) is 3.25. The number of rotatable bonds is 5. The maximum Gasteiger partial charge on any atom is 0.234 e. The molecule has 2 aromatic heterocycles. The van der Waals surface area contributed by atoms with Crippen LogP contribution >= 0.6 is 23.1 Å². The van der Waals surface area contributed by atoms with Crippen LogP contribution in [0.5, 0.6) is 0 Å². The maximum absolute atomic E-state index is 12.9. The molecule has 1 amide bonds. The molecule has 116 valence electrons. The summed E-state index contributed by atoms with van der Waals surface area (Å²) in [4.78, 5) is 20.2. The van der Waals surface area contributed by atoms with Gasteiger partial charge < -0.3 is 5.32 Å². The van der Waals surface area contributed by atoms with Crippen molar-refractivity contribution in [3.63, 3.8) is 0 Å². The maximum atomic E-state index is 12.9. The van der Waals surface area contributed by atoms with Gasteiger partial charge in [-0.1, -0.05) is 11.8 Å². The van der Waals surface area contributed by atoms with Crippen molar-refractivity contribution in [3.05, 3.63) is 60.0 Å². The summed E-state index contributed by atoms with van der Waals surface area (Å²) in [7, 11) is 0. The third-order valence-electron chi connectivity index (χ3n) is 2.91. The van der Waals surface area contributed by atoms with Gasteiger partial charge >= 0.3 is 0 Å². The fourth-order valence-electron chi connectivity index (χ4n) is 1.84. The van der Waals surface area contributed by atoms with E-state index in [1.807, 2.05) is 5.38 Å². The fourth-order valence-corrected chi connectivity index (χ4v) is 3.47. The van der Waals surface area contributed by atoms with Gasteiger partial charge in [-0.2, -0.15) is 0 Å². The second-order valence-corrected chi connectivity index (χ2v) is 6.66. The van der Waals surface area contributed by atoms with E-state index in [0.717, 1.165) is 21.3 Å². The lowest BCUT2D eigenvalue weighted by molar-refractivity contribution is -0.113. The summed E-state index contributed by atoms with van der Waals surface area (Å²) in [5.41, 5.74) is 2.36. The summed E-state index contributed by atoms with van der Waals surface area (Å²) >= 11 is 2.84. The fraction of sp³-hybridized carbons (Fsp3) is 0.0625. The Kier molecular flexibility index (Phi) is 4.99. The monoisotopic (exact) mass is 345 g/mol. The zero-order chi connectivity index (χ0) is 16.1. The number of thiazole rings is 1. The van der Waals surface area contributed by atoms with Crippen molar-refractivity contribution in [1.82, 2.24) is 9.97 Å². The minimum absolute atomic E-state index is 0.0975. The predicted octanol–water partition coefficient (Wildman–Crippen LogP) is 4.08. The van der Waals surface area contributed by atoms with Crippen molar-refractivity contribution >= 4 is 34.7 Å². The first-order chi connectivity index (χ1) is 11.2. The molecular weight excluding hydrogens is 333 g/mol. The molecular formula is C16H12FN3OS2. The molecule has 4 nitrogen and oxygen atoms in total. The number of anilines is 1. The highest BCUT2D eigenvalue weighted by atomic mass is 32.2. The molecule has 0 aliphatic carbocycles. The number of nitrogens with one attached hydrogen (secondary N) is 1. The molecule has 3 rings (SSSR count). The summed E-state index contributed by atoms with van der Waals surface area (Å²) in [6, 6.07) is 9.66. The third-order valence-corrected chi connectivity index (χ3v) is 4.93. The van der Waals surface area contributed by atoms with E-state index in [1.54, 1.807) is 36.7 Å². The minimum atomic E-state index is -0.272. The molecule has 0 unspecified atom stereocenters. The smallest absolute Gasteiger partial charge is 0.234 e. The molecule has 0 saturated heterocycles. The third kappa shape index (κ3) is 4.37. The molecule has 1 aromatic carbocycles. The van der Waals surface area contributed by atoms with Crippen LogP contribution in [0.2, 0.25) is 0 Å². The van der Waals surface area contributed by atoms with Gasteiger partial charge in [0.2, 0.25) is 5.91 Å². The number of carbonyl (C=O) groups is 1. The van der Waals surface area contributed by atoms with Crippen molar-refractivity contribution in [3.8, 4) is 11.3 Å². The van der Waals surface area contributed by atoms with Crippen molar-refractivity contribution < 1.29 is 9.18 Å². The molecule has 1 N–H and O–H groups in total. The van der Waals surface area contributed by atoms with E-state index in [2.05, 4.69) is 15.3 Å². The lowest BCUT2D eigenvalue weighted by atomic mass is 10.2. The Labute approximate surface area is 140 Å². The lowest BCUT2D eigenvalue weighted by Gasteiger charge is -2.03. The van der Waals surface area contributed by atoms with Crippen LogP contribution < -0.4 is 5.32 Å². The number of thioether (sulfide) groups is 1. The van der Waals surface area contributed by atoms with Gasteiger partial charge in [-0.05, 0) is 36.4 Å². The van der Waals surface area contributed by atoms with Crippen LogP contribution in [0.1, 0.15) is 0 Å². The molecule has 2 heterocycles. The van der Waals surface area contributed by atoms with Crippen molar-refractivity contribution in [2.45, 2.75) is 4.34 Å². The molecule has 7 heteroatoms. The number of halogens is 1. The molecule has 0 fully saturated rings. The molecule has 0 aliphatic heterocycles. The number of nitrogens with zero attached hydrogens (tertiary/aromatic N) is 2. The average Bonchev–Trinajstić information content (AvgIpc) is 3.04. The van der Waals surface area contributed by atoms with Gasteiger partial charge in [-0.25, -0.2) is 9.37 Å². The van der Waals surface area contributed by atoms with Gasteiger partial charge in [0.1, 0.15) is 5.82 Å². The lowest BCUT2D eigenvalue weighted by Crippen LogP contribution is -2.13. The highest BCUT2D eigenvalue weighted by molar-refractivity contribution is 8.01. The van der Waals surface area contributed by atoms with Gasteiger partial charge in [0.25, 0.3) is 0 Å². The normalized spacial score (nSPS) is 10.5. The number of carbonyl (C=O) groups excluding carboxylic acids is 1. The summed E-state index contributed by atoms with van der Waals surface area (Å²) < 4.78 is 13.7. The first kappa shape index (κ1) is 15.6. The van der Waals surface area contributed by atoms with Crippen LogP contribution in [0.25, 0.3) is 11.3 Å². The summed E-state index contributed by atoms with van der Waals surface area (Å²) in [5, 5.41) is 4.69. The quantitative estimate of drug-likeness (QED) is 0.708. The molecule has 0 atom stereocenters. The SMILES string of the molecule is O=C(CSc1nc(-c2ccc(F)cc2)cs1)Nc1ccncc1. The van der Waals surface area contributed by atoms with Crippen molar-refractivity contribution in [1.29, 1.82) is 0 Å². The van der Waals surface area contributed by atoms with Crippen molar-refractivity contribution in [2.75, 3.05) is 11.1 Å². The van der Waals surface area contributed by atoms with Crippen LogP contribution in [0, 0.1) is 5.82 Å². The van der Waals surface area contributed by atoms with Crippen LogP contribution in [-0.4, -0.2) is 21.6 Å². The molecule has 3 aromatic rings. The molecule has 0 saturated carbocycles. The summed E-state index contributed by atoms with van der Waals surface area (Å²) in [6.45, 7) is 0. The molecule has 0 bridgehead atoms. The second-order valence-electron chi connectivity index (χ2n) is 4.58. The van der Waals surface area contributed by atoms with Gasteiger partial charge in [0.15, 0.2) is 4.34 Å².